The van der Waals surface area contributed by atoms with E-state index in [1.807, 2.05) is 50.4 Å². The zero-order valence-corrected chi connectivity index (χ0v) is 16.9. The third kappa shape index (κ3) is 4.20. The summed E-state index contributed by atoms with van der Waals surface area (Å²) >= 11 is 0. The number of amides is 1. The molecule has 0 unspecified atom stereocenters. The van der Waals surface area contributed by atoms with E-state index in [4.69, 9.17) is 4.74 Å². The lowest BCUT2D eigenvalue weighted by atomic mass is 9.86. The number of carbonyl (C=O) groups is 1. The van der Waals surface area contributed by atoms with Crippen molar-refractivity contribution in [1.29, 1.82) is 0 Å². The average molecular weight is 394 g/mol. The van der Waals surface area contributed by atoms with Gasteiger partial charge in [0.05, 0.1) is 5.60 Å². The molecule has 2 atom stereocenters. The molecule has 0 spiro atoms. The molecule has 152 valence electrons. The smallest absolute Gasteiger partial charge is 0.221 e. The van der Waals surface area contributed by atoms with Crippen LogP contribution >= 0.6 is 0 Å². The molecule has 2 aromatic carbocycles. The number of aryl methyl sites for hydroxylation is 1. The monoisotopic (exact) mass is 394 g/mol. The zero-order chi connectivity index (χ0) is 20.4. The van der Waals surface area contributed by atoms with Gasteiger partial charge in [-0.25, -0.2) is 4.39 Å². The van der Waals surface area contributed by atoms with E-state index < -0.39 is 0 Å². The van der Waals surface area contributed by atoms with Crippen LogP contribution in [0.4, 0.5) is 4.39 Å². The van der Waals surface area contributed by atoms with Crippen LogP contribution < -0.4 is 5.32 Å². The summed E-state index contributed by atoms with van der Waals surface area (Å²) < 4.78 is 20.6. The van der Waals surface area contributed by atoms with Crippen LogP contribution in [0.1, 0.15) is 48.8 Å². The molecule has 2 heterocycles. The molecule has 3 aromatic rings. The van der Waals surface area contributed by atoms with Gasteiger partial charge < -0.3 is 15.0 Å². The van der Waals surface area contributed by atoms with Crippen molar-refractivity contribution in [3.8, 4) is 0 Å². The van der Waals surface area contributed by atoms with Crippen LogP contribution in [0.15, 0.2) is 48.7 Å². The number of carbonyl (C=O) groups excluding carboxylic acids is 1. The summed E-state index contributed by atoms with van der Waals surface area (Å²) in [7, 11) is 0. The number of rotatable bonds is 6. The summed E-state index contributed by atoms with van der Waals surface area (Å²) in [5, 5.41) is 4.02. The third-order valence-electron chi connectivity index (χ3n) is 5.87. The quantitative estimate of drug-likeness (QED) is 0.630. The number of H-pyrrole nitrogens is 1. The Morgan fingerprint density at radius 1 is 1.28 bits per heavy atom. The first-order valence-corrected chi connectivity index (χ1v) is 10.2. The lowest BCUT2D eigenvalue weighted by Crippen LogP contribution is -2.40. The van der Waals surface area contributed by atoms with Crippen LogP contribution in [-0.2, 0) is 9.53 Å². The van der Waals surface area contributed by atoms with Crippen molar-refractivity contribution in [3.63, 3.8) is 0 Å². The van der Waals surface area contributed by atoms with Crippen molar-refractivity contribution in [2.24, 2.45) is 0 Å². The van der Waals surface area contributed by atoms with Crippen molar-refractivity contribution in [1.82, 2.24) is 10.3 Å². The van der Waals surface area contributed by atoms with Gasteiger partial charge >= 0.3 is 0 Å². The second-order valence-corrected chi connectivity index (χ2v) is 8.25. The molecule has 4 rings (SSSR count). The Balaban J connectivity index is 1.63. The van der Waals surface area contributed by atoms with E-state index >= 15 is 0 Å². The Bertz CT molecular complexity index is 1020. The predicted molar refractivity (Wildman–Crippen MR) is 112 cm³/mol. The van der Waals surface area contributed by atoms with Crippen LogP contribution in [0, 0.1) is 12.7 Å². The number of benzene rings is 2. The lowest BCUT2D eigenvalue weighted by Gasteiger charge is -2.24. The molecule has 0 aliphatic carbocycles. The molecule has 1 amide bonds. The fourth-order valence-corrected chi connectivity index (χ4v) is 4.22. The van der Waals surface area contributed by atoms with Crippen molar-refractivity contribution in [2.45, 2.75) is 44.6 Å². The Morgan fingerprint density at radius 2 is 2.10 bits per heavy atom. The second-order valence-electron chi connectivity index (χ2n) is 8.25. The Kier molecular flexibility index (Phi) is 5.41. The molecule has 0 bridgehead atoms. The number of halogens is 1. The number of fused-ring (bicyclic) bond motifs is 1. The molecule has 2 N–H and O–H groups in total. The minimum Gasteiger partial charge on any atom is -0.373 e. The Labute approximate surface area is 170 Å². The maximum Gasteiger partial charge on any atom is 0.221 e. The van der Waals surface area contributed by atoms with E-state index in [1.165, 1.54) is 6.07 Å². The van der Waals surface area contributed by atoms with Crippen molar-refractivity contribution in [3.05, 3.63) is 71.2 Å². The molecule has 4 nitrogen and oxygen atoms in total. The van der Waals surface area contributed by atoms with Crippen molar-refractivity contribution < 1.29 is 13.9 Å². The van der Waals surface area contributed by atoms with E-state index in [2.05, 4.69) is 10.3 Å². The topological polar surface area (TPSA) is 54.1 Å². The zero-order valence-electron chi connectivity index (χ0n) is 16.9. The van der Waals surface area contributed by atoms with Crippen molar-refractivity contribution >= 4 is 16.8 Å². The van der Waals surface area contributed by atoms with Crippen LogP contribution in [0.3, 0.4) is 0 Å². The van der Waals surface area contributed by atoms with Gasteiger partial charge in [-0.2, -0.15) is 0 Å². The van der Waals surface area contributed by atoms with Gasteiger partial charge in [0.2, 0.25) is 5.91 Å². The first kappa shape index (κ1) is 19.6. The number of hydrogen-bond acceptors (Lipinski definition) is 2. The van der Waals surface area contributed by atoms with Gasteiger partial charge in [0.25, 0.3) is 0 Å². The van der Waals surface area contributed by atoms with E-state index in [-0.39, 0.29) is 29.7 Å². The molecule has 1 aliphatic rings. The van der Waals surface area contributed by atoms with Gasteiger partial charge in [-0.15, -0.1) is 0 Å². The van der Waals surface area contributed by atoms with E-state index in [0.29, 0.717) is 12.1 Å². The molecule has 1 aromatic heterocycles. The highest BCUT2D eigenvalue weighted by molar-refractivity contribution is 5.86. The van der Waals surface area contributed by atoms with Gasteiger partial charge in [0.1, 0.15) is 5.82 Å². The van der Waals surface area contributed by atoms with Gasteiger partial charge in [0.15, 0.2) is 0 Å². The summed E-state index contributed by atoms with van der Waals surface area (Å²) in [6.45, 7) is 5.17. The Morgan fingerprint density at radius 3 is 2.90 bits per heavy atom. The highest BCUT2D eigenvalue weighted by Crippen LogP contribution is 2.35. The number of nitrogens with one attached hydrogen (secondary N) is 2. The predicted octanol–water partition coefficient (Wildman–Crippen LogP) is 4.82. The summed E-state index contributed by atoms with van der Waals surface area (Å²) in [6.07, 6.45) is 4.02. The van der Waals surface area contributed by atoms with Gasteiger partial charge in [-0.3, -0.25) is 4.79 Å². The maximum atomic E-state index is 14.8. The van der Waals surface area contributed by atoms with Crippen molar-refractivity contribution in [2.75, 3.05) is 13.2 Å². The molecule has 1 aliphatic heterocycles. The van der Waals surface area contributed by atoms with Crippen LogP contribution in [-0.4, -0.2) is 29.6 Å². The summed E-state index contributed by atoms with van der Waals surface area (Å²) in [6, 6.07) is 13.0. The number of aromatic nitrogens is 1. The van der Waals surface area contributed by atoms with Crippen LogP contribution in [0.5, 0.6) is 0 Å². The number of para-hydroxylation sites is 1. The van der Waals surface area contributed by atoms with E-state index in [0.717, 1.165) is 41.5 Å². The summed E-state index contributed by atoms with van der Waals surface area (Å²) in [4.78, 5) is 16.1. The fourth-order valence-electron chi connectivity index (χ4n) is 4.22. The summed E-state index contributed by atoms with van der Waals surface area (Å²) in [5.41, 5.74) is 3.13. The largest absolute Gasteiger partial charge is 0.373 e. The maximum absolute atomic E-state index is 14.8. The molecule has 5 heteroatoms. The fraction of sp³-hybridized carbons (Fsp3) is 0.375. The molecular formula is C24H27FN2O2. The number of hydrogen-bond donors (Lipinski definition) is 2. The van der Waals surface area contributed by atoms with Crippen LogP contribution in [0.25, 0.3) is 10.9 Å². The second kappa shape index (κ2) is 7.99. The highest BCUT2D eigenvalue weighted by atomic mass is 19.1. The SMILES string of the molecule is Cc1ccc(F)c([C@@H](CC(=O)NC[C@]2(C)CCCO2)c2c[nH]c3ccccc23)c1. The number of ether oxygens (including phenoxy) is 1. The Hall–Kier alpha value is -2.66. The van der Waals surface area contributed by atoms with Gasteiger partial charge in [-0.1, -0.05) is 35.9 Å². The molecule has 0 radical (unpaired) electrons. The molecule has 1 fully saturated rings. The van der Waals surface area contributed by atoms with Crippen LogP contribution in [0.2, 0.25) is 0 Å². The van der Waals surface area contributed by atoms with Gasteiger partial charge in [-0.05, 0) is 49.9 Å². The van der Waals surface area contributed by atoms with E-state index in [9.17, 15) is 9.18 Å². The number of aromatic amines is 1. The van der Waals surface area contributed by atoms with E-state index in [1.54, 1.807) is 6.07 Å². The molecule has 0 saturated carbocycles. The normalized spacial score (nSPS) is 20.1. The lowest BCUT2D eigenvalue weighted by molar-refractivity contribution is -0.122. The third-order valence-corrected chi connectivity index (χ3v) is 5.87. The average Bonchev–Trinajstić information content (AvgIpc) is 3.34. The molecular weight excluding hydrogens is 367 g/mol. The molecule has 29 heavy (non-hydrogen) atoms. The molecule has 1 saturated heterocycles. The standard InChI is InChI=1S/C24H27FN2O2/c1-16-8-9-21(25)19(12-16)18(20-14-26-22-7-4-3-6-17(20)22)13-23(28)27-15-24(2)10-5-11-29-24/h3-4,6-9,12,14,18,26H,5,10-11,13,15H2,1-2H3,(H,27,28)/t18-,24+/m1/s1. The van der Waals surface area contributed by atoms with Gasteiger partial charge in [0, 0.05) is 42.6 Å². The first-order chi connectivity index (χ1) is 14.0. The highest BCUT2D eigenvalue weighted by Gasteiger charge is 2.31. The first-order valence-electron chi connectivity index (χ1n) is 10.2. The minimum atomic E-state index is -0.372. The minimum absolute atomic E-state index is 0.0992. The summed E-state index contributed by atoms with van der Waals surface area (Å²) in [5.74, 6) is -0.758.